The SMILES string of the molecule is CC(NC(C)(C)C)Oc1ccncc1NC(=O)C1=C(O)CCn2c1nc1ccccc12.Cl. The second kappa shape index (κ2) is 9.18. The molecule has 0 saturated carbocycles. The fraction of sp³-hybridized carbons (Fsp3) is 0.348. The van der Waals surface area contributed by atoms with Crippen molar-refractivity contribution in [3.8, 4) is 5.75 Å². The van der Waals surface area contributed by atoms with Gasteiger partial charge in [-0.3, -0.25) is 15.1 Å². The number of anilines is 1. The van der Waals surface area contributed by atoms with Gasteiger partial charge < -0.3 is 19.7 Å². The van der Waals surface area contributed by atoms with Crippen LogP contribution in [0.1, 0.15) is 39.9 Å². The highest BCUT2D eigenvalue weighted by atomic mass is 35.5. The molecule has 0 bridgehead atoms. The van der Waals surface area contributed by atoms with Gasteiger partial charge in [0.2, 0.25) is 0 Å². The van der Waals surface area contributed by atoms with Gasteiger partial charge in [-0.15, -0.1) is 12.4 Å². The maximum absolute atomic E-state index is 13.2. The summed E-state index contributed by atoms with van der Waals surface area (Å²) in [6.07, 6.45) is 3.20. The molecular weight excluding hydrogens is 430 g/mol. The first-order valence-corrected chi connectivity index (χ1v) is 10.3. The van der Waals surface area contributed by atoms with Crippen LogP contribution in [0.4, 0.5) is 5.69 Å². The van der Waals surface area contributed by atoms with Crippen molar-refractivity contribution < 1.29 is 14.6 Å². The summed E-state index contributed by atoms with van der Waals surface area (Å²) in [5.41, 5.74) is 2.17. The van der Waals surface area contributed by atoms with E-state index in [0.29, 0.717) is 30.2 Å². The summed E-state index contributed by atoms with van der Waals surface area (Å²) in [4.78, 5) is 21.9. The third kappa shape index (κ3) is 4.87. The van der Waals surface area contributed by atoms with Crippen LogP contribution < -0.4 is 15.4 Å². The van der Waals surface area contributed by atoms with Gasteiger partial charge >= 0.3 is 0 Å². The van der Waals surface area contributed by atoms with Crippen LogP contribution in [-0.2, 0) is 11.3 Å². The number of amides is 1. The van der Waals surface area contributed by atoms with Gasteiger partial charge in [-0.1, -0.05) is 12.1 Å². The van der Waals surface area contributed by atoms with Crippen LogP contribution in [0.3, 0.4) is 0 Å². The molecule has 0 saturated heterocycles. The number of pyridine rings is 1. The van der Waals surface area contributed by atoms with E-state index in [2.05, 4.69) is 20.6 Å². The predicted octanol–water partition coefficient (Wildman–Crippen LogP) is 4.28. The van der Waals surface area contributed by atoms with Gasteiger partial charge in [0.1, 0.15) is 34.8 Å². The van der Waals surface area contributed by atoms with Gasteiger partial charge in [-0.05, 0) is 39.8 Å². The number of fused-ring (bicyclic) bond motifs is 3. The van der Waals surface area contributed by atoms with Gasteiger partial charge in [-0.2, -0.15) is 0 Å². The van der Waals surface area contributed by atoms with Gasteiger partial charge in [0.25, 0.3) is 5.91 Å². The van der Waals surface area contributed by atoms with Crippen molar-refractivity contribution in [2.75, 3.05) is 5.32 Å². The molecule has 0 radical (unpaired) electrons. The number of ether oxygens (including phenoxy) is 1. The number of benzene rings is 1. The zero-order valence-corrected chi connectivity index (χ0v) is 19.4. The fourth-order valence-electron chi connectivity index (χ4n) is 3.79. The fourth-order valence-corrected chi connectivity index (χ4v) is 3.79. The smallest absolute Gasteiger partial charge is 0.263 e. The lowest BCUT2D eigenvalue weighted by molar-refractivity contribution is -0.111. The summed E-state index contributed by atoms with van der Waals surface area (Å²) < 4.78 is 7.95. The summed E-state index contributed by atoms with van der Waals surface area (Å²) >= 11 is 0. The van der Waals surface area contributed by atoms with E-state index in [4.69, 9.17) is 4.74 Å². The molecule has 3 aromatic rings. The Labute approximate surface area is 193 Å². The number of hydrogen-bond acceptors (Lipinski definition) is 6. The molecule has 8 nitrogen and oxygen atoms in total. The number of para-hydroxylation sites is 2. The van der Waals surface area contributed by atoms with Crippen LogP contribution in [0.2, 0.25) is 0 Å². The lowest BCUT2D eigenvalue weighted by Crippen LogP contribution is -2.45. The first kappa shape index (κ1) is 23.6. The second-order valence-corrected chi connectivity index (χ2v) is 8.63. The minimum absolute atomic E-state index is 0. The molecule has 9 heteroatoms. The van der Waals surface area contributed by atoms with Crippen LogP contribution in [0.15, 0.2) is 48.5 Å². The monoisotopic (exact) mass is 457 g/mol. The number of rotatable bonds is 5. The molecular formula is C23H28ClN5O3. The average molecular weight is 458 g/mol. The number of aliphatic hydroxyl groups is 1. The summed E-state index contributed by atoms with van der Waals surface area (Å²) in [7, 11) is 0. The molecule has 0 spiro atoms. The highest BCUT2D eigenvalue weighted by Gasteiger charge is 2.28. The lowest BCUT2D eigenvalue weighted by Gasteiger charge is -2.27. The van der Waals surface area contributed by atoms with Crippen LogP contribution in [0.5, 0.6) is 5.75 Å². The molecule has 1 amide bonds. The Morgan fingerprint density at radius 3 is 2.75 bits per heavy atom. The Hall–Kier alpha value is -3.10. The van der Waals surface area contributed by atoms with E-state index in [0.717, 1.165) is 11.0 Å². The molecule has 1 aromatic carbocycles. The number of hydrogen-bond donors (Lipinski definition) is 3. The molecule has 32 heavy (non-hydrogen) atoms. The molecule has 2 aromatic heterocycles. The normalized spacial score (nSPS) is 14.5. The molecule has 1 atom stereocenters. The van der Waals surface area contributed by atoms with E-state index in [-0.39, 0.29) is 35.5 Å². The van der Waals surface area contributed by atoms with E-state index >= 15 is 0 Å². The summed E-state index contributed by atoms with van der Waals surface area (Å²) in [6, 6.07) is 9.38. The molecule has 0 aliphatic carbocycles. The van der Waals surface area contributed by atoms with Crippen molar-refractivity contribution in [1.82, 2.24) is 19.9 Å². The highest BCUT2D eigenvalue weighted by Crippen LogP contribution is 2.31. The van der Waals surface area contributed by atoms with E-state index in [9.17, 15) is 9.90 Å². The first-order chi connectivity index (χ1) is 14.7. The van der Waals surface area contributed by atoms with Crippen molar-refractivity contribution in [2.24, 2.45) is 0 Å². The third-order valence-corrected chi connectivity index (χ3v) is 4.94. The van der Waals surface area contributed by atoms with Crippen LogP contribution in [0, 0.1) is 0 Å². The maximum Gasteiger partial charge on any atom is 0.263 e. The molecule has 170 valence electrons. The van der Waals surface area contributed by atoms with E-state index < -0.39 is 5.91 Å². The quantitative estimate of drug-likeness (QED) is 0.494. The molecule has 1 aliphatic heterocycles. The number of allylic oxidation sites excluding steroid dienone is 1. The number of carbonyl (C=O) groups is 1. The van der Waals surface area contributed by atoms with Crippen molar-refractivity contribution in [1.29, 1.82) is 0 Å². The number of imidazole rings is 1. The van der Waals surface area contributed by atoms with Crippen LogP contribution in [0.25, 0.3) is 16.6 Å². The topological polar surface area (TPSA) is 101 Å². The first-order valence-electron chi connectivity index (χ1n) is 10.3. The van der Waals surface area contributed by atoms with Gasteiger partial charge in [0.05, 0.1) is 17.2 Å². The van der Waals surface area contributed by atoms with Crippen LogP contribution >= 0.6 is 12.4 Å². The molecule has 4 rings (SSSR count). The zero-order chi connectivity index (χ0) is 22.2. The lowest BCUT2D eigenvalue weighted by atomic mass is 10.1. The number of nitrogens with one attached hydrogen (secondary N) is 2. The number of aromatic nitrogens is 3. The number of nitrogens with zero attached hydrogens (tertiary/aromatic N) is 3. The third-order valence-electron chi connectivity index (χ3n) is 4.94. The Bertz CT molecular complexity index is 1170. The number of carbonyl (C=O) groups excluding carboxylic acids is 1. The Kier molecular flexibility index (Phi) is 6.76. The summed E-state index contributed by atoms with van der Waals surface area (Å²) in [6.45, 7) is 8.61. The molecule has 3 heterocycles. The van der Waals surface area contributed by atoms with Gasteiger partial charge in [0.15, 0.2) is 0 Å². The minimum Gasteiger partial charge on any atom is -0.511 e. The predicted molar refractivity (Wildman–Crippen MR) is 127 cm³/mol. The van der Waals surface area contributed by atoms with E-state index in [1.807, 2.05) is 56.5 Å². The van der Waals surface area contributed by atoms with Crippen LogP contribution in [-0.4, -0.2) is 37.3 Å². The molecule has 1 unspecified atom stereocenters. The van der Waals surface area contributed by atoms with Crippen molar-refractivity contribution in [2.45, 2.75) is 52.4 Å². The number of aliphatic hydroxyl groups excluding tert-OH is 1. The van der Waals surface area contributed by atoms with Gasteiger partial charge in [0, 0.05) is 30.8 Å². The second-order valence-electron chi connectivity index (χ2n) is 8.63. The highest BCUT2D eigenvalue weighted by molar-refractivity contribution is 6.25. The Balaban J connectivity index is 0.00000289. The van der Waals surface area contributed by atoms with Crippen molar-refractivity contribution in [3.05, 3.63) is 54.3 Å². The largest absolute Gasteiger partial charge is 0.511 e. The maximum atomic E-state index is 13.2. The summed E-state index contributed by atoms with van der Waals surface area (Å²) in [5, 5.41) is 16.7. The molecule has 3 N–H and O–H groups in total. The van der Waals surface area contributed by atoms with Crippen molar-refractivity contribution in [3.63, 3.8) is 0 Å². The minimum atomic E-state index is -0.456. The average Bonchev–Trinajstić information content (AvgIpc) is 3.06. The number of halogens is 1. The zero-order valence-electron chi connectivity index (χ0n) is 18.5. The van der Waals surface area contributed by atoms with E-state index in [1.54, 1.807) is 12.3 Å². The Morgan fingerprint density at radius 1 is 1.25 bits per heavy atom. The summed E-state index contributed by atoms with van der Waals surface area (Å²) in [5.74, 6) is 0.506. The standard InChI is InChI=1S/C23H27N5O3.ClH/c1-14(27-23(2,3)4)31-19-9-11-24-13-16(19)26-22(30)20-18(29)10-12-28-17-8-6-5-7-15(17)25-21(20)28;/h5-9,11,13-14,27,29H,10,12H2,1-4H3,(H,26,30);1H. The Morgan fingerprint density at radius 2 is 2.00 bits per heavy atom. The van der Waals surface area contributed by atoms with Gasteiger partial charge in [-0.25, -0.2) is 4.98 Å². The number of aryl methyl sites for hydroxylation is 1. The van der Waals surface area contributed by atoms with E-state index in [1.165, 1.54) is 6.20 Å². The molecule has 0 fully saturated rings. The molecule has 1 aliphatic rings. The van der Waals surface area contributed by atoms with Crippen molar-refractivity contribution >= 4 is 40.6 Å².